The number of nitrogens with one attached hydrogen (secondary N) is 1. The number of halogens is 1. The van der Waals surface area contributed by atoms with Crippen LogP contribution in [0.3, 0.4) is 0 Å². The predicted molar refractivity (Wildman–Crippen MR) is 107 cm³/mol. The molecular weight excluding hydrogens is 417 g/mol. The van der Waals surface area contributed by atoms with Crippen LogP contribution in [0.5, 0.6) is 0 Å². The third kappa shape index (κ3) is 4.59. The third-order valence-electron chi connectivity index (χ3n) is 4.98. The molecule has 0 aromatic carbocycles. The van der Waals surface area contributed by atoms with Gasteiger partial charge < -0.3 is 14.8 Å². The van der Waals surface area contributed by atoms with Crippen LogP contribution in [-0.2, 0) is 13.0 Å². The SMILES string of the molecule is CCc1nncn1CCNC(=NC)N1CCC(N2CCCC2)C1.I. The fourth-order valence-corrected chi connectivity index (χ4v) is 3.70. The predicted octanol–water partition coefficient (Wildman–Crippen LogP) is 1.20. The largest absolute Gasteiger partial charge is 0.354 e. The van der Waals surface area contributed by atoms with Crippen LogP contribution in [0.25, 0.3) is 0 Å². The van der Waals surface area contributed by atoms with Gasteiger partial charge in [-0.15, -0.1) is 34.2 Å². The highest BCUT2D eigenvalue weighted by molar-refractivity contribution is 14.0. The highest BCUT2D eigenvalue weighted by atomic mass is 127. The zero-order valence-electron chi connectivity index (χ0n) is 14.8. The number of rotatable bonds is 5. The summed E-state index contributed by atoms with van der Waals surface area (Å²) in [7, 11) is 1.88. The maximum absolute atomic E-state index is 4.46. The first-order valence-corrected chi connectivity index (χ1v) is 8.88. The molecule has 136 valence electrons. The molecule has 2 fully saturated rings. The number of aryl methyl sites for hydroxylation is 1. The summed E-state index contributed by atoms with van der Waals surface area (Å²) in [6.45, 7) is 8.59. The smallest absolute Gasteiger partial charge is 0.193 e. The van der Waals surface area contributed by atoms with Crippen LogP contribution in [0.4, 0.5) is 0 Å². The van der Waals surface area contributed by atoms with E-state index in [2.05, 4.69) is 41.8 Å². The van der Waals surface area contributed by atoms with Gasteiger partial charge in [0.1, 0.15) is 12.2 Å². The van der Waals surface area contributed by atoms with Gasteiger partial charge in [0, 0.05) is 45.7 Å². The summed E-state index contributed by atoms with van der Waals surface area (Å²) in [5.74, 6) is 2.06. The zero-order chi connectivity index (χ0) is 16.1. The Hall–Kier alpha value is -0.900. The topological polar surface area (TPSA) is 61.6 Å². The van der Waals surface area contributed by atoms with E-state index in [-0.39, 0.29) is 24.0 Å². The van der Waals surface area contributed by atoms with Gasteiger partial charge in [-0.3, -0.25) is 9.89 Å². The number of nitrogens with zero attached hydrogens (tertiary/aromatic N) is 6. The Labute approximate surface area is 161 Å². The second kappa shape index (κ2) is 9.55. The Morgan fingerprint density at radius 1 is 1.33 bits per heavy atom. The Morgan fingerprint density at radius 2 is 2.12 bits per heavy atom. The standard InChI is InChI=1S/C16H29N7.HI/c1-3-15-20-19-13-23(15)11-7-18-16(17-2)22-10-6-14(12-22)21-8-4-5-9-21;/h13-14H,3-12H2,1-2H3,(H,17,18);1H. The molecule has 0 saturated carbocycles. The monoisotopic (exact) mass is 447 g/mol. The molecule has 3 rings (SSSR count). The van der Waals surface area contributed by atoms with E-state index in [0.717, 1.165) is 44.4 Å². The number of hydrogen-bond acceptors (Lipinski definition) is 4. The molecule has 3 heterocycles. The molecule has 2 aliphatic heterocycles. The van der Waals surface area contributed by atoms with E-state index in [0.29, 0.717) is 6.04 Å². The molecule has 2 aliphatic rings. The van der Waals surface area contributed by atoms with Crippen LogP contribution in [-0.4, -0.2) is 76.3 Å². The summed E-state index contributed by atoms with van der Waals surface area (Å²) >= 11 is 0. The zero-order valence-corrected chi connectivity index (χ0v) is 17.1. The number of aromatic nitrogens is 3. The summed E-state index contributed by atoms with van der Waals surface area (Å²) in [6.07, 6.45) is 6.71. The molecule has 1 aromatic heterocycles. The molecular formula is C16H30IN7. The molecule has 0 aliphatic carbocycles. The van der Waals surface area contributed by atoms with Crippen LogP contribution in [0.2, 0.25) is 0 Å². The van der Waals surface area contributed by atoms with E-state index in [4.69, 9.17) is 0 Å². The molecule has 1 atom stereocenters. The summed E-state index contributed by atoms with van der Waals surface area (Å²) in [5.41, 5.74) is 0. The van der Waals surface area contributed by atoms with E-state index in [1.165, 1.54) is 32.4 Å². The Balaban J connectivity index is 0.00000208. The van der Waals surface area contributed by atoms with Crippen molar-refractivity contribution in [2.45, 2.75) is 45.2 Å². The van der Waals surface area contributed by atoms with Gasteiger partial charge in [-0.1, -0.05) is 6.92 Å². The van der Waals surface area contributed by atoms with Crippen LogP contribution in [0.15, 0.2) is 11.3 Å². The van der Waals surface area contributed by atoms with Gasteiger partial charge in [-0.2, -0.15) is 0 Å². The quantitative estimate of drug-likeness (QED) is 0.418. The lowest BCUT2D eigenvalue weighted by Gasteiger charge is -2.25. The number of hydrogen-bond donors (Lipinski definition) is 1. The number of guanidine groups is 1. The lowest BCUT2D eigenvalue weighted by Crippen LogP contribution is -2.43. The highest BCUT2D eigenvalue weighted by Gasteiger charge is 2.30. The molecule has 0 spiro atoms. The van der Waals surface area contributed by atoms with E-state index >= 15 is 0 Å². The van der Waals surface area contributed by atoms with Crippen LogP contribution < -0.4 is 5.32 Å². The Morgan fingerprint density at radius 3 is 2.83 bits per heavy atom. The summed E-state index contributed by atoms with van der Waals surface area (Å²) < 4.78 is 2.11. The van der Waals surface area contributed by atoms with Gasteiger partial charge in [0.15, 0.2) is 5.96 Å². The Kier molecular flexibility index (Phi) is 7.73. The van der Waals surface area contributed by atoms with Gasteiger partial charge in [0.25, 0.3) is 0 Å². The van der Waals surface area contributed by atoms with Gasteiger partial charge >= 0.3 is 0 Å². The maximum atomic E-state index is 4.46. The van der Waals surface area contributed by atoms with Crippen molar-refractivity contribution in [3.05, 3.63) is 12.2 Å². The molecule has 1 aromatic rings. The molecule has 8 heteroatoms. The fraction of sp³-hybridized carbons (Fsp3) is 0.812. The third-order valence-corrected chi connectivity index (χ3v) is 4.98. The summed E-state index contributed by atoms with van der Waals surface area (Å²) in [6, 6.07) is 0.709. The molecule has 1 N–H and O–H groups in total. The minimum absolute atomic E-state index is 0. The average Bonchev–Trinajstić information content (AvgIpc) is 3.32. The average molecular weight is 447 g/mol. The van der Waals surface area contributed by atoms with E-state index in [9.17, 15) is 0 Å². The van der Waals surface area contributed by atoms with Crippen molar-refractivity contribution in [2.75, 3.05) is 39.8 Å². The molecule has 0 amide bonds. The summed E-state index contributed by atoms with van der Waals surface area (Å²) in [4.78, 5) is 9.51. The lowest BCUT2D eigenvalue weighted by atomic mass is 10.2. The molecule has 24 heavy (non-hydrogen) atoms. The van der Waals surface area contributed by atoms with E-state index in [1.54, 1.807) is 0 Å². The van der Waals surface area contributed by atoms with Crippen molar-refractivity contribution in [2.24, 2.45) is 4.99 Å². The molecule has 0 radical (unpaired) electrons. The van der Waals surface area contributed by atoms with Gasteiger partial charge in [-0.05, 0) is 32.4 Å². The molecule has 7 nitrogen and oxygen atoms in total. The second-order valence-electron chi connectivity index (χ2n) is 6.40. The Bertz CT molecular complexity index is 524. The van der Waals surface area contributed by atoms with Crippen LogP contribution in [0, 0.1) is 0 Å². The second-order valence-corrected chi connectivity index (χ2v) is 6.40. The van der Waals surface area contributed by atoms with Gasteiger partial charge in [-0.25, -0.2) is 0 Å². The first-order valence-electron chi connectivity index (χ1n) is 8.88. The molecule has 0 bridgehead atoms. The first kappa shape index (κ1) is 19.4. The highest BCUT2D eigenvalue weighted by Crippen LogP contribution is 2.20. The normalized spacial score (nSPS) is 22.0. The van der Waals surface area contributed by atoms with Crippen molar-refractivity contribution in [3.8, 4) is 0 Å². The van der Waals surface area contributed by atoms with Crippen molar-refractivity contribution in [1.29, 1.82) is 0 Å². The van der Waals surface area contributed by atoms with Gasteiger partial charge in [0.2, 0.25) is 0 Å². The van der Waals surface area contributed by atoms with Crippen molar-refractivity contribution < 1.29 is 0 Å². The van der Waals surface area contributed by atoms with Crippen molar-refractivity contribution in [1.82, 2.24) is 29.9 Å². The van der Waals surface area contributed by atoms with Crippen molar-refractivity contribution >= 4 is 29.9 Å². The minimum Gasteiger partial charge on any atom is -0.354 e. The number of aliphatic imine (C=N–C) groups is 1. The number of likely N-dealkylation sites (tertiary alicyclic amines) is 2. The fourth-order valence-electron chi connectivity index (χ4n) is 3.70. The lowest BCUT2D eigenvalue weighted by molar-refractivity contribution is 0.249. The maximum Gasteiger partial charge on any atom is 0.193 e. The van der Waals surface area contributed by atoms with E-state index in [1.807, 2.05) is 13.4 Å². The summed E-state index contributed by atoms with van der Waals surface area (Å²) in [5, 5.41) is 11.6. The van der Waals surface area contributed by atoms with Crippen molar-refractivity contribution in [3.63, 3.8) is 0 Å². The van der Waals surface area contributed by atoms with Gasteiger partial charge in [0.05, 0.1) is 0 Å². The van der Waals surface area contributed by atoms with Crippen LogP contribution >= 0.6 is 24.0 Å². The first-order chi connectivity index (χ1) is 11.3. The van der Waals surface area contributed by atoms with E-state index < -0.39 is 0 Å². The molecule has 2 saturated heterocycles. The minimum atomic E-state index is 0. The molecule has 1 unspecified atom stereocenters. The van der Waals surface area contributed by atoms with Crippen LogP contribution in [0.1, 0.15) is 32.0 Å².